The van der Waals surface area contributed by atoms with Crippen LogP contribution in [0.1, 0.15) is 37.8 Å². The van der Waals surface area contributed by atoms with E-state index >= 15 is 0 Å². The number of piperidine rings is 2. The van der Waals surface area contributed by atoms with Crippen molar-refractivity contribution in [3.05, 3.63) is 65.7 Å². The molecule has 2 aromatic carbocycles. The highest BCUT2D eigenvalue weighted by Crippen LogP contribution is 2.45. The SMILES string of the molecule is CCCC12C[NH+]3CC(C)(C[NH+](C1)C31C(=O)N(Cc3ccccc3)c3ccccc31)C2=O. The standard InChI is InChI=1S/C26H29N3O2/c1-3-13-25-17-27-15-24(2,22(25)30)16-28(18-25)26(27)20-11-7-8-12-21(20)29(23(26)31)14-19-9-5-4-6-10-19/h4-12H,3,13-18H2,1-2H3/p+2. The third kappa shape index (κ3) is 2.28. The predicted molar refractivity (Wildman–Crippen MR) is 118 cm³/mol. The molecule has 160 valence electrons. The van der Waals surface area contributed by atoms with E-state index in [9.17, 15) is 9.59 Å². The van der Waals surface area contributed by atoms with Crippen molar-refractivity contribution < 1.29 is 19.4 Å². The second-order valence-electron chi connectivity index (χ2n) is 10.5. The summed E-state index contributed by atoms with van der Waals surface area (Å²) in [5, 5.41) is 0. The zero-order chi connectivity index (χ0) is 21.4. The van der Waals surface area contributed by atoms with Crippen molar-refractivity contribution in [3.63, 3.8) is 0 Å². The van der Waals surface area contributed by atoms with E-state index < -0.39 is 5.66 Å². The number of carbonyl (C=O) groups is 2. The van der Waals surface area contributed by atoms with Gasteiger partial charge in [0.15, 0.2) is 5.78 Å². The molecule has 2 unspecified atom stereocenters. The van der Waals surface area contributed by atoms with Gasteiger partial charge in [0.1, 0.15) is 42.6 Å². The summed E-state index contributed by atoms with van der Waals surface area (Å²) in [7, 11) is 0. The minimum Gasteiger partial charge on any atom is -0.297 e. The van der Waals surface area contributed by atoms with Crippen molar-refractivity contribution in [2.24, 2.45) is 10.8 Å². The summed E-state index contributed by atoms with van der Waals surface area (Å²) in [4.78, 5) is 32.5. The topological polar surface area (TPSA) is 46.3 Å². The molecule has 5 heteroatoms. The number of benzene rings is 2. The molecule has 2 atom stereocenters. The number of nitrogens with zero attached hydrogens (tertiary/aromatic N) is 1. The summed E-state index contributed by atoms with van der Waals surface area (Å²) in [6.07, 6.45) is 1.95. The van der Waals surface area contributed by atoms with Gasteiger partial charge < -0.3 is 0 Å². The predicted octanol–water partition coefficient (Wildman–Crippen LogP) is 0.559. The fourth-order valence-corrected chi connectivity index (χ4v) is 7.58. The first-order valence-corrected chi connectivity index (χ1v) is 11.7. The van der Waals surface area contributed by atoms with Gasteiger partial charge in [-0.05, 0) is 31.0 Å². The Kier molecular flexibility index (Phi) is 3.88. The normalized spacial score (nSPS) is 37.7. The maximum atomic E-state index is 14.3. The van der Waals surface area contributed by atoms with Gasteiger partial charge in [0, 0.05) is 0 Å². The molecule has 0 radical (unpaired) electrons. The number of rotatable bonds is 4. The monoisotopic (exact) mass is 417 g/mol. The average molecular weight is 418 g/mol. The van der Waals surface area contributed by atoms with Crippen LogP contribution in [-0.4, -0.2) is 37.9 Å². The lowest BCUT2D eigenvalue weighted by atomic mass is 9.58. The Hall–Kier alpha value is -2.50. The first-order valence-electron chi connectivity index (χ1n) is 11.7. The average Bonchev–Trinajstić information content (AvgIpc) is 2.99. The minimum atomic E-state index is -0.608. The fourth-order valence-electron chi connectivity index (χ4n) is 7.58. The first-order chi connectivity index (χ1) is 14.9. The highest BCUT2D eigenvalue weighted by atomic mass is 16.2. The summed E-state index contributed by atoms with van der Waals surface area (Å²) in [6.45, 7) is 8.03. The lowest BCUT2D eigenvalue weighted by Gasteiger charge is -2.62. The molecule has 0 aromatic heterocycles. The maximum absolute atomic E-state index is 14.3. The van der Waals surface area contributed by atoms with Crippen LogP contribution < -0.4 is 14.7 Å². The van der Waals surface area contributed by atoms with Gasteiger partial charge in [0.05, 0.1) is 12.2 Å². The van der Waals surface area contributed by atoms with Crippen LogP contribution >= 0.6 is 0 Å². The molecule has 5 aliphatic rings. The Balaban J connectivity index is 1.48. The molecule has 0 saturated carbocycles. The lowest BCUT2D eigenvalue weighted by Crippen LogP contribution is -3.48. The molecule has 1 amide bonds. The number of quaternary nitrogens is 2. The summed E-state index contributed by atoms with van der Waals surface area (Å²) < 4.78 is 0. The van der Waals surface area contributed by atoms with Gasteiger partial charge in [-0.2, -0.15) is 0 Å². The number of nitrogens with one attached hydrogen (secondary N) is 2. The van der Waals surface area contributed by atoms with Crippen molar-refractivity contribution in [2.75, 3.05) is 31.1 Å². The Labute approximate surface area is 183 Å². The number of fused-ring (bicyclic) bond motifs is 1. The van der Waals surface area contributed by atoms with E-state index in [1.807, 2.05) is 29.2 Å². The Bertz CT molecular complexity index is 1060. The summed E-state index contributed by atoms with van der Waals surface area (Å²) in [5.74, 6) is 0.674. The van der Waals surface area contributed by atoms with E-state index in [2.05, 4.69) is 44.2 Å². The maximum Gasteiger partial charge on any atom is 0.354 e. The second kappa shape index (κ2) is 6.27. The van der Waals surface area contributed by atoms with Crippen molar-refractivity contribution in [1.82, 2.24) is 0 Å². The first kappa shape index (κ1) is 19.2. The van der Waals surface area contributed by atoms with Crippen LogP contribution in [0, 0.1) is 10.8 Å². The summed E-state index contributed by atoms with van der Waals surface area (Å²) >= 11 is 0. The van der Waals surface area contributed by atoms with Crippen LogP contribution in [0.15, 0.2) is 54.6 Å². The van der Waals surface area contributed by atoms with E-state index in [0.717, 1.165) is 55.8 Å². The third-order valence-electron chi connectivity index (χ3n) is 8.48. The van der Waals surface area contributed by atoms with Gasteiger partial charge in [-0.1, -0.05) is 55.8 Å². The molecule has 1 spiro atoms. The molecule has 2 aromatic rings. The fraction of sp³-hybridized carbons (Fsp3) is 0.462. The number of hydrogen-bond acceptors (Lipinski definition) is 2. The lowest BCUT2D eigenvalue weighted by molar-refractivity contribution is -1.20. The van der Waals surface area contributed by atoms with Crippen LogP contribution in [0.2, 0.25) is 0 Å². The zero-order valence-electron chi connectivity index (χ0n) is 18.4. The number of carbonyl (C=O) groups excluding carboxylic acids is 2. The van der Waals surface area contributed by atoms with Crippen LogP contribution in [0.5, 0.6) is 0 Å². The Morgan fingerprint density at radius 3 is 2.23 bits per heavy atom. The number of hydrogen-bond donors (Lipinski definition) is 2. The minimum absolute atomic E-state index is 0.212. The Morgan fingerprint density at radius 1 is 0.903 bits per heavy atom. The molecule has 4 saturated heterocycles. The highest BCUT2D eigenvalue weighted by molar-refractivity contribution is 6.06. The molecule has 2 N–H and O–H groups in total. The Morgan fingerprint density at radius 2 is 1.55 bits per heavy atom. The number of Topliss-reactive ketones (excluding diaryl/α,β-unsaturated/α-hetero) is 1. The molecular weight excluding hydrogens is 386 g/mol. The number of amides is 1. The number of anilines is 1. The summed E-state index contributed by atoms with van der Waals surface area (Å²) in [6, 6.07) is 18.6. The molecule has 4 bridgehead atoms. The van der Waals surface area contributed by atoms with Crippen molar-refractivity contribution >= 4 is 17.4 Å². The van der Waals surface area contributed by atoms with Crippen molar-refractivity contribution in [1.29, 1.82) is 0 Å². The smallest absolute Gasteiger partial charge is 0.297 e. The van der Waals surface area contributed by atoms with Crippen LogP contribution in [0.3, 0.4) is 0 Å². The molecular formula is C26H31N3O2+2. The van der Waals surface area contributed by atoms with E-state index in [4.69, 9.17) is 0 Å². The zero-order valence-corrected chi connectivity index (χ0v) is 18.4. The molecule has 5 nitrogen and oxygen atoms in total. The van der Waals surface area contributed by atoms with Gasteiger partial charge >= 0.3 is 11.6 Å². The largest absolute Gasteiger partial charge is 0.354 e. The molecule has 5 aliphatic heterocycles. The van der Waals surface area contributed by atoms with Gasteiger partial charge in [-0.3, -0.25) is 24.3 Å². The van der Waals surface area contributed by atoms with Gasteiger partial charge in [0.25, 0.3) is 0 Å². The summed E-state index contributed by atoms with van der Waals surface area (Å²) in [5.41, 5.74) is 2.16. The molecule has 7 rings (SSSR count). The van der Waals surface area contributed by atoms with E-state index in [1.165, 1.54) is 9.80 Å². The van der Waals surface area contributed by atoms with Gasteiger partial charge in [-0.25, -0.2) is 0 Å². The molecule has 31 heavy (non-hydrogen) atoms. The van der Waals surface area contributed by atoms with Gasteiger partial charge in [0.2, 0.25) is 0 Å². The van der Waals surface area contributed by atoms with Crippen molar-refractivity contribution in [3.8, 4) is 0 Å². The van der Waals surface area contributed by atoms with E-state index in [-0.39, 0.29) is 16.7 Å². The van der Waals surface area contributed by atoms with Crippen LogP contribution in [-0.2, 0) is 21.8 Å². The van der Waals surface area contributed by atoms with E-state index in [1.54, 1.807) is 0 Å². The quantitative estimate of drug-likeness (QED) is 0.764. The van der Waals surface area contributed by atoms with Crippen LogP contribution in [0.4, 0.5) is 5.69 Å². The third-order valence-corrected chi connectivity index (χ3v) is 8.48. The highest BCUT2D eigenvalue weighted by Gasteiger charge is 2.79. The second-order valence-corrected chi connectivity index (χ2v) is 10.5. The molecule has 5 heterocycles. The number of ketones is 1. The van der Waals surface area contributed by atoms with E-state index in [0.29, 0.717) is 12.3 Å². The van der Waals surface area contributed by atoms with Crippen molar-refractivity contribution in [2.45, 2.75) is 38.9 Å². The molecule has 0 aliphatic carbocycles. The van der Waals surface area contributed by atoms with Gasteiger partial charge in [-0.15, -0.1) is 0 Å². The molecule has 4 fully saturated rings. The number of para-hydroxylation sites is 1. The van der Waals surface area contributed by atoms with Crippen LogP contribution in [0.25, 0.3) is 0 Å².